The number of hydrogen-bond donors (Lipinski definition) is 1. The quantitative estimate of drug-likeness (QED) is 0.420. The minimum atomic E-state index is -1.04. The molecule has 8 nitrogen and oxygen atoms in total. The number of carbonyl (C=O) groups excluding carboxylic acids is 4. The molecule has 0 saturated heterocycles. The molecule has 1 aliphatic rings. The molecule has 134 valence electrons. The first-order chi connectivity index (χ1) is 11.9. The molecule has 0 saturated carbocycles. The number of carbonyl (C=O) groups is 4. The zero-order valence-electron chi connectivity index (χ0n) is 14.1. The van der Waals surface area contributed by atoms with Crippen molar-refractivity contribution in [3.05, 3.63) is 35.4 Å². The van der Waals surface area contributed by atoms with E-state index in [0.717, 1.165) is 4.90 Å². The van der Waals surface area contributed by atoms with Gasteiger partial charge in [0.1, 0.15) is 6.54 Å². The van der Waals surface area contributed by atoms with Crippen molar-refractivity contribution in [2.75, 3.05) is 26.8 Å². The van der Waals surface area contributed by atoms with E-state index in [1.54, 1.807) is 24.3 Å². The monoisotopic (exact) mass is 348 g/mol. The predicted molar refractivity (Wildman–Crippen MR) is 86.6 cm³/mol. The molecule has 1 atom stereocenters. The third-order valence-electron chi connectivity index (χ3n) is 3.71. The Morgan fingerprint density at radius 3 is 2.72 bits per heavy atom. The normalized spacial score (nSPS) is 14.7. The Hall–Kier alpha value is -2.74. The van der Waals surface area contributed by atoms with Crippen LogP contribution in [-0.2, 0) is 30.3 Å². The second kappa shape index (κ2) is 8.39. The fourth-order valence-corrected chi connectivity index (χ4v) is 2.40. The minimum Gasteiger partial charge on any atom is -0.451 e. The minimum absolute atomic E-state index is 0.0439. The van der Waals surface area contributed by atoms with Crippen LogP contribution in [0.1, 0.15) is 22.8 Å². The maximum atomic E-state index is 12.4. The Morgan fingerprint density at radius 2 is 2.00 bits per heavy atom. The van der Waals surface area contributed by atoms with Crippen LogP contribution in [0.5, 0.6) is 0 Å². The summed E-state index contributed by atoms with van der Waals surface area (Å²) in [6.07, 6.45) is -0.992. The molecule has 0 aliphatic carbocycles. The Balaban J connectivity index is 1.93. The van der Waals surface area contributed by atoms with Crippen molar-refractivity contribution in [1.82, 2.24) is 10.2 Å². The van der Waals surface area contributed by atoms with E-state index in [9.17, 15) is 19.2 Å². The van der Waals surface area contributed by atoms with E-state index in [0.29, 0.717) is 17.7 Å². The Morgan fingerprint density at radius 1 is 1.28 bits per heavy atom. The number of benzene rings is 1. The molecule has 0 spiro atoms. The van der Waals surface area contributed by atoms with Crippen molar-refractivity contribution in [1.29, 1.82) is 0 Å². The van der Waals surface area contributed by atoms with Gasteiger partial charge in [-0.15, -0.1) is 0 Å². The molecule has 8 heteroatoms. The molecule has 0 aromatic heterocycles. The molecule has 1 aromatic carbocycles. The molecule has 1 aliphatic heterocycles. The molecule has 3 amide bonds. The smallest absolute Gasteiger partial charge is 0.326 e. The van der Waals surface area contributed by atoms with Gasteiger partial charge in [0.25, 0.3) is 11.8 Å². The number of esters is 1. The molecule has 0 unspecified atom stereocenters. The zero-order valence-corrected chi connectivity index (χ0v) is 14.1. The highest BCUT2D eigenvalue weighted by atomic mass is 16.5. The third-order valence-corrected chi connectivity index (χ3v) is 3.71. The summed E-state index contributed by atoms with van der Waals surface area (Å²) in [6.45, 7) is 1.51. The lowest BCUT2D eigenvalue weighted by Crippen LogP contribution is -2.46. The van der Waals surface area contributed by atoms with E-state index in [1.165, 1.54) is 14.0 Å². The maximum Gasteiger partial charge on any atom is 0.326 e. The van der Waals surface area contributed by atoms with Gasteiger partial charge in [0.05, 0.1) is 13.0 Å². The fraction of sp³-hybridized carbons (Fsp3) is 0.412. The molecule has 2 rings (SSSR count). The summed E-state index contributed by atoms with van der Waals surface area (Å²) in [6, 6.07) is 6.74. The van der Waals surface area contributed by atoms with E-state index >= 15 is 0 Å². The second-order valence-corrected chi connectivity index (χ2v) is 5.53. The first-order valence-corrected chi connectivity index (χ1v) is 7.82. The van der Waals surface area contributed by atoms with Crippen LogP contribution in [0.4, 0.5) is 0 Å². The average Bonchev–Trinajstić information content (AvgIpc) is 2.58. The van der Waals surface area contributed by atoms with Crippen LogP contribution < -0.4 is 5.32 Å². The molecule has 1 aromatic rings. The molecule has 0 radical (unpaired) electrons. The molecule has 1 N–H and O–H groups in total. The van der Waals surface area contributed by atoms with Crippen molar-refractivity contribution in [3.63, 3.8) is 0 Å². The van der Waals surface area contributed by atoms with Gasteiger partial charge < -0.3 is 14.8 Å². The highest BCUT2D eigenvalue weighted by Crippen LogP contribution is 2.19. The summed E-state index contributed by atoms with van der Waals surface area (Å²) in [5, 5.41) is 2.53. The number of hydrogen-bond acceptors (Lipinski definition) is 6. The summed E-state index contributed by atoms with van der Waals surface area (Å²) in [7, 11) is 1.50. The summed E-state index contributed by atoms with van der Waals surface area (Å²) in [5.74, 6) is -2.32. The third kappa shape index (κ3) is 4.63. The Labute approximate surface area is 145 Å². The Bertz CT molecular complexity index is 687. The highest BCUT2D eigenvalue weighted by Gasteiger charge is 2.33. The van der Waals surface area contributed by atoms with E-state index in [-0.39, 0.29) is 13.0 Å². The predicted octanol–water partition coefficient (Wildman–Crippen LogP) is -0.0942. The fourth-order valence-electron chi connectivity index (χ4n) is 2.40. The zero-order chi connectivity index (χ0) is 18.4. The number of rotatable bonds is 7. The van der Waals surface area contributed by atoms with Gasteiger partial charge in [0, 0.05) is 19.2 Å². The summed E-state index contributed by atoms with van der Waals surface area (Å²) in [4.78, 5) is 49.0. The number of imide groups is 1. The van der Waals surface area contributed by atoms with E-state index < -0.39 is 36.3 Å². The lowest BCUT2D eigenvalue weighted by Gasteiger charge is -2.26. The number of fused-ring (bicyclic) bond motifs is 1. The molecule has 0 fully saturated rings. The van der Waals surface area contributed by atoms with Gasteiger partial charge in [-0.25, -0.2) is 0 Å². The first kappa shape index (κ1) is 18.6. The van der Waals surface area contributed by atoms with Crippen molar-refractivity contribution >= 4 is 23.7 Å². The molecular weight excluding hydrogens is 328 g/mol. The Kier molecular flexibility index (Phi) is 6.24. The lowest BCUT2D eigenvalue weighted by atomic mass is 9.98. The van der Waals surface area contributed by atoms with Crippen LogP contribution >= 0.6 is 0 Å². The van der Waals surface area contributed by atoms with Gasteiger partial charge in [0.15, 0.2) is 6.10 Å². The van der Waals surface area contributed by atoms with Crippen molar-refractivity contribution in [2.24, 2.45) is 0 Å². The van der Waals surface area contributed by atoms with E-state index in [1.807, 2.05) is 0 Å². The van der Waals surface area contributed by atoms with Crippen molar-refractivity contribution in [2.45, 2.75) is 19.4 Å². The highest BCUT2D eigenvalue weighted by molar-refractivity contribution is 6.11. The van der Waals surface area contributed by atoms with Gasteiger partial charge >= 0.3 is 5.97 Å². The summed E-state index contributed by atoms with van der Waals surface area (Å²) < 4.78 is 9.79. The van der Waals surface area contributed by atoms with Gasteiger partial charge in [-0.3, -0.25) is 24.1 Å². The number of amides is 3. The lowest BCUT2D eigenvalue weighted by molar-refractivity contribution is -0.156. The number of methoxy groups -OCH3 is 1. The topological polar surface area (TPSA) is 102 Å². The molecular formula is C17H20N2O6. The standard InChI is InChI=1S/C17H20N2O6/c1-11(16(22)18-7-8-24-2)25-15(21)10-19-14(20)9-12-5-3-4-6-13(12)17(19)23/h3-6,11H,7-10H2,1-2H3,(H,18,22)/t11-/m1/s1. The number of nitrogens with one attached hydrogen (secondary N) is 1. The maximum absolute atomic E-state index is 12.4. The van der Waals surface area contributed by atoms with Crippen LogP contribution in [0.15, 0.2) is 24.3 Å². The van der Waals surface area contributed by atoms with Crippen LogP contribution in [0.3, 0.4) is 0 Å². The molecule has 25 heavy (non-hydrogen) atoms. The molecule has 0 bridgehead atoms. The molecule has 1 heterocycles. The second-order valence-electron chi connectivity index (χ2n) is 5.53. The largest absolute Gasteiger partial charge is 0.451 e. The average molecular weight is 348 g/mol. The van der Waals surface area contributed by atoms with Crippen LogP contribution in [0, 0.1) is 0 Å². The van der Waals surface area contributed by atoms with Crippen LogP contribution in [0.25, 0.3) is 0 Å². The summed E-state index contributed by atoms with van der Waals surface area (Å²) >= 11 is 0. The van der Waals surface area contributed by atoms with Crippen LogP contribution in [-0.4, -0.2) is 61.5 Å². The van der Waals surface area contributed by atoms with Crippen molar-refractivity contribution in [3.8, 4) is 0 Å². The van der Waals surface area contributed by atoms with Gasteiger partial charge in [-0.05, 0) is 18.6 Å². The van der Waals surface area contributed by atoms with Gasteiger partial charge in [-0.2, -0.15) is 0 Å². The first-order valence-electron chi connectivity index (χ1n) is 7.82. The van der Waals surface area contributed by atoms with Crippen LogP contribution in [0.2, 0.25) is 0 Å². The SMILES string of the molecule is COCCNC(=O)[C@@H](C)OC(=O)CN1C(=O)Cc2ccccc2C1=O. The van der Waals surface area contributed by atoms with E-state index in [4.69, 9.17) is 9.47 Å². The van der Waals surface area contributed by atoms with E-state index in [2.05, 4.69) is 5.32 Å². The van der Waals surface area contributed by atoms with Gasteiger partial charge in [-0.1, -0.05) is 18.2 Å². The van der Waals surface area contributed by atoms with Crippen molar-refractivity contribution < 1.29 is 28.7 Å². The number of nitrogens with zero attached hydrogens (tertiary/aromatic N) is 1. The van der Waals surface area contributed by atoms with Gasteiger partial charge in [0.2, 0.25) is 5.91 Å². The summed E-state index contributed by atoms with van der Waals surface area (Å²) in [5.41, 5.74) is 1.02. The number of ether oxygens (including phenoxy) is 2.